The van der Waals surface area contributed by atoms with Gasteiger partial charge in [0.2, 0.25) is 4.80 Å². The monoisotopic (exact) mass is 347 g/mol. The number of alkyl halides is 1. The van der Waals surface area contributed by atoms with Crippen LogP contribution in [0.15, 0.2) is 4.34 Å². The van der Waals surface area contributed by atoms with Crippen LogP contribution in [0.2, 0.25) is 0 Å². The fraction of sp³-hybridized carbons (Fsp3) is 0.667. The molecule has 1 heterocycles. The van der Waals surface area contributed by atoms with Gasteiger partial charge in [-0.2, -0.15) is 5.10 Å². The van der Waals surface area contributed by atoms with Crippen LogP contribution in [0.4, 0.5) is 0 Å². The largest absolute Gasteiger partial charge is 0.274 e. The number of aromatic nitrogens is 2. The SMILES string of the molecule is Br.CCSc1nn(CCBr)c(=N)s1. The van der Waals surface area contributed by atoms with E-state index in [-0.39, 0.29) is 17.0 Å². The molecule has 0 amide bonds. The van der Waals surface area contributed by atoms with Crippen molar-refractivity contribution in [3.63, 3.8) is 0 Å². The van der Waals surface area contributed by atoms with Crippen LogP contribution in [0.3, 0.4) is 0 Å². The van der Waals surface area contributed by atoms with Gasteiger partial charge in [0.1, 0.15) is 0 Å². The Bertz CT molecular complexity index is 296. The molecule has 0 aliphatic rings. The predicted octanol–water partition coefficient (Wildman–Crippen LogP) is 2.51. The lowest BCUT2D eigenvalue weighted by Gasteiger charge is -1.93. The smallest absolute Gasteiger partial charge is 0.201 e. The first-order valence-electron chi connectivity index (χ1n) is 3.59. The minimum atomic E-state index is 0. The molecule has 0 unspecified atom stereocenters. The van der Waals surface area contributed by atoms with E-state index in [1.807, 2.05) is 0 Å². The van der Waals surface area contributed by atoms with Crippen molar-refractivity contribution in [3.8, 4) is 0 Å². The van der Waals surface area contributed by atoms with Crippen LogP contribution >= 0.6 is 56.0 Å². The lowest BCUT2D eigenvalue weighted by molar-refractivity contribution is 0.616. The summed E-state index contributed by atoms with van der Waals surface area (Å²) >= 11 is 6.45. The minimum Gasteiger partial charge on any atom is -0.274 e. The zero-order valence-electron chi connectivity index (χ0n) is 7.12. The first-order chi connectivity index (χ1) is 5.77. The van der Waals surface area contributed by atoms with Crippen LogP contribution in [0.5, 0.6) is 0 Å². The summed E-state index contributed by atoms with van der Waals surface area (Å²) in [4.78, 5) is 0.533. The molecule has 3 nitrogen and oxygen atoms in total. The normalized spacial score (nSPS) is 9.69. The Morgan fingerprint density at radius 2 is 2.38 bits per heavy atom. The van der Waals surface area contributed by atoms with Gasteiger partial charge in [0.05, 0.1) is 6.54 Å². The van der Waals surface area contributed by atoms with Gasteiger partial charge < -0.3 is 0 Å². The fourth-order valence-corrected chi connectivity index (χ4v) is 2.82. The Labute approximate surface area is 104 Å². The van der Waals surface area contributed by atoms with E-state index in [0.717, 1.165) is 22.0 Å². The molecule has 0 aliphatic heterocycles. The van der Waals surface area contributed by atoms with E-state index in [1.54, 1.807) is 16.4 Å². The highest BCUT2D eigenvalue weighted by molar-refractivity contribution is 9.09. The average Bonchev–Trinajstić information content (AvgIpc) is 2.34. The zero-order chi connectivity index (χ0) is 8.97. The molecule has 0 fully saturated rings. The molecular formula is C6H11Br2N3S2. The standard InChI is InChI=1S/C6H10BrN3S2.BrH/c1-2-11-6-9-10(4-3-7)5(8)12-6;/h8H,2-4H2,1H3;1H. The first kappa shape index (κ1) is 13.7. The van der Waals surface area contributed by atoms with E-state index < -0.39 is 0 Å². The van der Waals surface area contributed by atoms with E-state index in [0.29, 0.717) is 4.80 Å². The number of nitrogens with zero attached hydrogens (tertiary/aromatic N) is 2. The van der Waals surface area contributed by atoms with E-state index in [2.05, 4.69) is 28.0 Å². The summed E-state index contributed by atoms with van der Waals surface area (Å²) < 4.78 is 2.71. The molecule has 0 radical (unpaired) electrons. The lowest BCUT2D eigenvalue weighted by atomic mass is 10.8. The van der Waals surface area contributed by atoms with Gasteiger partial charge in [-0.05, 0) is 5.75 Å². The van der Waals surface area contributed by atoms with Crippen molar-refractivity contribution in [1.82, 2.24) is 9.78 Å². The van der Waals surface area contributed by atoms with Crippen LogP contribution in [0.1, 0.15) is 6.92 Å². The summed E-state index contributed by atoms with van der Waals surface area (Å²) in [5.74, 6) is 1.02. The third-order valence-corrected chi connectivity index (χ3v) is 3.42. The summed E-state index contributed by atoms with van der Waals surface area (Å²) in [5, 5.41) is 12.7. The fourth-order valence-electron chi connectivity index (χ4n) is 0.713. The number of hydrogen-bond donors (Lipinski definition) is 1. The summed E-state index contributed by atoms with van der Waals surface area (Å²) in [6, 6.07) is 0. The molecular weight excluding hydrogens is 338 g/mol. The van der Waals surface area contributed by atoms with Crippen molar-refractivity contribution in [2.75, 3.05) is 11.1 Å². The Balaban J connectivity index is 0.00000144. The van der Waals surface area contributed by atoms with Gasteiger partial charge in [-0.1, -0.05) is 46.0 Å². The molecule has 7 heteroatoms. The maximum Gasteiger partial charge on any atom is 0.201 e. The Morgan fingerprint density at radius 3 is 2.92 bits per heavy atom. The Hall–Kier alpha value is 0.670. The molecule has 0 saturated heterocycles. The van der Waals surface area contributed by atoms with Gasteiger partial charge in [-0.15, -0.1) is 17.0 Å². The highest BCUT2D eigenvalue weighted by Crippen LogP contribution is 2.16. The van der Waals surface area contributed by atoms with Crippen LogP contribution in [-0.4, -0.2) is 20.9 Å². The topological polar surface area (TPSA) is 41.7 Å². The third kappa shape index (κ3) is 4.14. The van der Waals surface area contributed by atoms with Crippen molar-refractivity contribution >= 4 is 56.0 Å². The van der Waals surface area contributed by atoms with E-state index >= 15 is 0 Å². The third-order valence-electron chi connectivity index (χ3n) is 1.18. The van der Waals surface area contributed by atoms with Crippen LogP contribution in [0, 0.1) is 5.41 Å². The minimum absolute atomic E-state index is 0. The van der Waals surface area contributed by atoms with E-state index in [1.165, 1.54) is 11.3 Å². The van der Waals surface area contributed by atoms with Gasteiger partial charge in [0.15, 0.2) is 4.34 Å². The van der Waals surface area contributed by atoms with Gasteiger partial charge in [0, 0.05) is 5.33 Å². The van der Waals surface area contributed by atoms with E-state index in [4.69, 9.17) is 5.41 Å². The lowest BCUT2D eigenvalue weighted by Crippen LogP contribution is -2.15. The maximum atomic E-state index is 7.56. The Kier molecular flexibility index (Phi) is 7.39. The van der Waals surface area contributed by atoms with Crippen molar-refractivity contribution in [3.05, 3.63) is 4.80 Å². The highest BCUT2D eigenvalue weighted by Gasteiger charge is 2.01. The molecule has 1 aromatic heterocycles. The number of thioether (sulfide) groups is 1. The van der Waals surface area contributed by atoms with Crippen molar-refractivity contribution < 1.29 is 0 Å². The molecule has 1 aromatic rings. The van der Waals surface area contributed by atoms with Crippen LogP contribution in [-0.2, 0) is 6.54 Å². The summed E-state index contributed by atoms with van der Waals surface area (Å²) in [6.07, 6.45) is 0. The molecule has 1 rings (SSSR count). The van der Waals surface area contributed by atoms with Gasteiger partial charge >= 0.3 is 0 Å². The summed E-state index contributed by atoms with van der Waals surface area (Å²) in [5.41, 5.74) is 0. The van der Waals surface area contributed by atoms with Gasteiger partial charge in [-0.3, -0.25) is 5.41 Å². The van der Waals surface area contributed by atoms with Gasteiger partial charge in [-0.25, -0.2) is 4.68 Å². The van der Waals surface area contributed by atoms with Crippen LogP contribution in [0.25, 0.3) is 0 Å². The number of halogens is 2. The molecule has 0 aliphatic carbocycles. The molecule has 0 saturated carbocycles. The van der Waals surface area contributed by atoms with Crippen LogP contribution < -0.4 is 4.80 Å². The quantitative estimate of drug-likeness (QED) is 0.671. The highest BCUT2D eigenvalue weighted by atomic mass is 79.9. The molecule has 0 atom stereocenters. The summed E-state index contributed by atoms with van der Waals surface area (Å²) in [6.45, 7) is 2.87. The Morgan fingerprint density at radius 1 is 1.69 bits per heavy atom. The molecule has 76 valence electrons. The molecule has 1 N–H and O–H groups in total. The van der Waals surface area contributed by atoms with Crippen molar-refractivity contribution in [2.24, 2.45) is 0 Å². The van der Waals surface area contributed by atoms with Gasteiger partial charge in [0.25, 0.3) is 0 Å². The second-order valence-electron chi connectivity index (χ2n) is 2.02. The predicted molar refractivity (Wildman–Crippen MR) is 66.5 cm³/mol. The summed E-state index contributed by atoms with van der Waals surface area (Å²) in [7, 11) is 0. The van der Waals surface area contributed by atoms with Crippen molar-refractivity contribution in [1.29, 1.82) is 5.41 Å². The maximum absolute atomic E-state index is 7.56. The van der Waals surface area contributed by atoms with E-state index in [9.17, 15) is 0 Å². The molecule has 13 heavy (non-hydrogen) atoms. The number of hydrogen-bond acceptors (Lipinski definition) is 4. The number of nitrogens with one attached hydrogen (secondary N) is 1. The average molecular weight is 349 g/mol. The second-order valence-corrected chi connectivity index (χ2v) is 5.30. The van der Waals surface area contributed by atoms with Crippen molar-refractivity contribution in [2.45, 2.75) is 17.8 Å². The first-order valence-corrected chi connectivity index (χ1v) is 6.51. The molecule has 0 aromatic carbocycles. The number of aryl methyl sites for hydroxylation is 1. The molecule has 0 bridgehead atoms. The molecule has 0 spiro atoms. The number of rotatable bonds is 4. The second kappa shape index (κ2) is 7.03. The zero-order valence-corrected chi connectivity index (χ0v) is 12.1.